The van der Waals surface area contributed by atoms with E-state index in [1.165, 1.54) is 24.9 Å². The van der Waals surface area contributed by atoms with Gasteiger partial charge in [0.05, 0.1) is 25.0 Å². The first-order valence-electron chi connectivity index (χ1n) is 11.0. The fourth-order valence-corrected chi connectivity index (χ4v) is 4.82. The van der Waals surface area contributed by atoms with Crippen molar-refractivity contribution in [3.8, 4) is 5.75 Å². The van der Waals surface area contributed by atoms with Crippen LogP contribution in [0.3, 0.4) is 0 Å². The van der Waals surface area contributed by atoms with Gasteiger partial charge in [-0.3, -0.25) is 14.4 Å². The summed E-state index contributed by atoms with van der Waals surface area (Å²) < 4.78 is 12.4. The SMILES string of the molecule is COc1cc(=O)n2c(c1C(=O)NC(C)c1ccco1)CCN(C(=O)c1ccccc1SC)CC2. The molecule has 3 aromatic rings. The molecule has 0 saturated heterocycles. The van der Waals surface area contributed by atoms with E-state index in [1.54, 1.807) is 27.9 Å². The van der Waals surface area contributed by atoms with Gasteiger partial charge in [-0.15, -0.1) is 11.8 Å². The number of methoxy groups -OCH3 is 1. The van der Waals surface area contributed by atoms with Gasteiger partial charge in [0.2, 0.25) is 0 Å². The largest absolute Gasteiger partial charge is 0.496 e. The second-order valence-corrected chi connectivity index (χ2v) is 8.83. The van der Waals surface area contributed by atoms with Crippen molar-refractivity contribution >= 4 is 23.6 Å². The van der Waals surface area contributed by atoms with Gasteiger partial charge in [0.25, 0.3) is 17.4 Å². The average molecular weight is 482 g/mol. The van der Waals surface area contributed by atoms with E-state index in [4.69, 9.17) is 9.15 Å². The highest BCUT2D eigenvalue weighted by atomic mass is 32.2. The Balaban J connectivity index is 1.64. The summed E-state index contributed by atoms with van der Waals surface area (Å²) in [4.78, 5) is 42.1. The summed E-state index contributed by atoms with van der Waals surface area (Å²) in [6.07, 6.45) is 3.83. The van der Waals surface area contributed by atoms with E-state index in [0.717, 1.165) is 4.90 Å². The molecule has 1 aliphatic heterocycles. The third-order valence-electron chi connectivity index (χ3n) is 5.98. The molecule has 0 bridgehead atoms. The van der Waals surface area contributed by atoms with E-state index >= 15 is 0 Å². The van der Waals surface area contributed by atoms with Crippen molar-refractivity contribution in [2.24, 2.45) is 0 Å². The third-order valence-corrected chi connectivity index (χ3v) is 6.78. The second-order valence-electron chi connectivity index (χ2n) is 7.98. The topological polar surface area (TPSA) is 93.8 Å². The number of rotatable bonds is 6. The first-order chi connectivity index (χ1) is 16.4. The Kier molecular flexibility index (Phi) is 7.12. The van der Waals surface area contributed by atoms with Crippen molar-refractivity contribution in [3.05, 3.63) is 81.7 Å². The lowest BCUT2D eigenvalue weighted by Gasteiger charge is -2.21. The van der Waals surface area contributed by atoms with Crippen molar-refractivity contribution in [2.45, 2.75) is 30.8 Å². The molecule has 2 amide bonds. The van der Waals surface area contributed by atoms with Crippen LogP contribution in [0.25, 0.3) is 0 Å². The molecule has 178 valence electrons. The number of hydrogen-bond donors (Lipinski definition) is 1. The molecule has 34 heavy (non-hydrogen) atoms. The van der Waals surface area contributed by atoms with Crippen LogP contribution >= 0.6 is 11.8 Å². The van der Waals surface area contributed by atoms with Crippen LogP contribution < -0.4 is 15.6 Å². The molecule has 4 rings (SSSR count). The van der Waals surface area contributed by atoms with Gasteiger partial charge < -0.3 is 23.9 Å². The third kappa shape index (κ3) is 4.61. The number of thioether (sulfide) groups is 1. The van der Waals surface area contributed by atoms with E-state index < -0.39 is 0 Å². The molecule has 0 aliphatic carbocycles. The highest BCUT2D eigenvalue weighted by molar-refractivity contribution is 7.98. The molecule has 1 aliphatic rings. The lowest BCUT2D eigenvalue weighted by molar-refractivity contribution is 0.0755. The van der Waals surface area contributed by atoms with Crippen LogP contribution in [0.4, 0.5) is 0 Å². The van der Waals surface area contributed by atoms with Crippen LogP contribution in [-0.2, 0) is 13.0 Å². The quantitative estimate of drug-likeness (QED) is 0.543. The fourth-order valence-electron chi connectivity index (χ4n) is 4.23. The van der Waals surface area contributed by atoms with Gasteiger partial charge in [0.15, 0.2) is 0 Å². The number of pyridine rings is 1. The highest BCUT2D eigenvalue weighted by Gasteiger charge is 2.28. The smallest absolute Gasteiger partial charge is 0.257 e. The number of benzene rings is 1. The number of fused-ring (bicyclic) bond motifs is 1. The lowest BCUT2D eigenvalue weighted by Crippen LogP contribution is -2.34. The minimum atomic E-state index is -0.369. The van der Waals surface area contributed by atoms with Crippen molar-refractivity contribution < 1.29 is 18.7 Å². The average Bonchev–Trinajstić information content (AvgIpc) is 3.30. The molecule has 2 aromatic heterocycles. The van der Waals surface area contributed by atoms with Crippen molar-refractivity contribution in [1.29, 1.82) is 0 Å². The molecule has 0 spiro atoms. The van der Waals surface area contributed by atoms with Crippen LogP contribution in [0.2, 0.25) is 0 Å². The maximum atomic E-state index is 13.3. The van der Waals surface area contributed by atoms with E-state index in [0.29, 0.717) is 48.6 Å². The Morgan fingerprint density at radius 3 is 2.65 bits per heavy atom. The molecule has 0 fully saturated rings. The minimum absolute atomic E-state index is 0.0878. The molecule has 1 aromatic carbocycles. The Bertz CT molecular complexity index is 1250. The van der Waals surface area contributed by atoms with Crippen molar-refractivity contribution in [3.63, 3.8) is 0 Å². The summed E-state index contributed by atoms with van der Waals surface area (Å²) in [6.45, 7) is 2.85. The van der Waals surface area contributed by atoms with Gasteiger partial charge in [-0.25, -0.2) is 0 Å². The predicted molar refractivity (Wildman–Crippen MR) is 130 cm³/mol. The molecule has 0 radical (unpaired) electrons. The van der Waals surface area contributed by atoms with Gasteiger partial charge in [0, 0.05) is 42.7 Å². The van der Waals surface area contributed by atoms with E-state index in [9.17, 15) is 14.4 Å². The van der Waals surface area contributed by atoms with Gasteiger partial charge in [-0.05, 0) is 37.4 Å². The number of furan rings is 1. The number of ether oxygens (including phenoxy) is 1. The van der Waals surface area contributed by atoms with Crippen LogP contribution in [0, 0.1) is 0 Å². The fraction of sp³-hybridized carbons (Fsp3) is 0.320. The molecule has 0 saturated carbocycles. The monoisotopic (exact) mass is 481 g/mol. The summed E-state index contributed by atoms with van der Waals surface area (Å²) in [5.74, 6) is 0.385. The number of nitrogens with one attached hydrogen (secondary N) is 1. The molecular formula is C25H27N3O5S. The lowest BCUT2D eigenvalue weighted by atomic mass is 10.1. The molecular weight excluding hydrogens is 454 g/mol. The predicted octanol–water partition coefficient (Wildman–Crippen LogP) is 3.36. The van der Waals surface area contributed by atoms with Crippen LogP contribution in [0.5, 0.6) is 5.75 Å². The summed E-state index contributed by atoms with van der Waals surface area (Å²) in [5, 5.41) is 2.93. The highest BCUT2D eigenvalue weighted by Crippen LogP contribution is 2.26. The Hall–Kier alpha value is -3.46. The summed E-state index contributed by atoms with van der Waals surface area (Å²) in [6, 6.07) is 12.0. The van der Waals surface area contributed by atoms with E-state index in [-0.39, 0.29) is 29.2 Å². The zero-order valence-corrected chi connectivity index (χ0v) is 20.2. The molecule has 1 N–H and O–H groups in total. The van der Waals surface area contributed by atoms with Gasteiger partial charge in [-0.2, -0.15) is 0 Å². The number of amides is 2. The second kappa shape index (κ2) is 10.2. The van der Waals surface area contributed by atoms with Crippen LogP contribution in [0.1, 0.15) is 45.1 Å². The number of nitrogens with zero attached hydrogens (tertiary/aromatic N) is 2. The molecule has 1 unspecified atom stereocenters. The molecule has 9 heteroatoms. The van der Waals surface area contributed by atoms with Gasteiger partial charge in [-0.1, -0.05) is 12.1 Å². The molecule has 3 heterocycles. The normalized spacial score (nSPS) is 14.1. The number of carbonyl (C=O) groups excluding carboxylic acids is 2. The Labute approximate surface area is 201 Å². The molecule has 1 atom stereocenters. The summed E-state index contributed by atoms with van der Waals surface area (Å²) in [5.41, 5.74) is 1.23. The first-order valence-corrected chi connectivity index (χ1v) is 12.2. The van der Waals surface area contributed by atoms with Gasteiger partial charge in [0.1, 0.15) is 17.1 Å². The van der Waals surface area contributed by atoms with E-state index in [2.05, 4.69) is 5.32 Å². The minimum Gasteiger partial charge on any atom is -0.496 e. The zero-order valence-electron chi connectivity index (χ0n) is 19.4. The summed E-state index contributed by atoms with van der Waals surface area (Å²) >= 11 is 1.52. The van der Waals surface area contributed by atoms with Crippen molar-refractivity contribution in [2.75, 3.05) is 26.5 Å². The Morgan fingerprint density at radius 2 is 1.94 bits per heavy atom. The van der Waals surface area contributed by atoms with E-state index in [1.807, 2.05) is 37.4 Å². The standard InChI is InChI=1S/C25H27N3O5S/c1-16(19-8-6-14-33-19)26-24(30)23-18-10-11-27(12-13-28(18)22(29)15-20(23)32-2)25(31)17-7-4-5-9-21(17)34-3/h4-9,14-16H,10-13H2,1-3H3,(H,26,30). The molecule has 8 nitrogen and oxygen atoms in total. The van der Waals surface area contributed by atoms with Gasteiger partial charge >= 0.3 is 0 Å². The van der Waals surface area contributed by atoms with Crippen LogP contribution in [0.15, 0.2) is 62.8 Å². The number of carbonyl (C=O) groups is 2. The zero-order chi connectivity index (χ0) is 24.2. The maximum absolute atomic E-state index is 13.3. The van der Waals surface area contributed by atoms with Crippen LogP contribution in [-0.4, -0.2) is 47.7 Å². The van der Waals surface area contributed by atoms with Crippen molar-refractivity contribution in [1.82, 2.24) is 14.8 Å². The number of aromatic nitrogens is 1. The Morgan fingerprint density at radius 1 is 1.15 bits per heavy atom. The number of hydrogen-bond acceptors (Lipinski definition) is 6. The first kappa shape index (κ1) is 23.7. The summed E-state index contributed by atoms with van der Waals surface area (Å²) in [7, 11) is 1.43. The maximum Gasteiger partial charge on any atom is 0.257 e.